The highest BCUT2D eigenvalue weighted by Gasteiger charge is 2.07. The number of phenols is 1. The third-order valence-electron chi connectivity index (χ3n) is 2.79. The molecule has 0 aliphatic heterocycles. The highest BCUT2D eigenvalue weighted by molar-refractivity contribution is 5.26. The van der Waals surface area contributed by atoms with Crippen LogP contribution in [0.25, 0.3) is 0 Å². The van der Waals surface area contributed by atoms with E-state index in [1.807, 2.05) is 0 Å². The second-order valence-electron chi connectivity index (χ2n) is 4.35. The van der Waals surface area contributed by atoms with Crippen molar-refractivity contribution in [2.75, 3.05) is 0 Å². The summed E-state index contributed by atoms with van der Waals surface area (Å²) in [6, 6.07) is 12.9. The lowest BCUT2D eigenvalue weighted by Gasteiger charge is -2.10. The van der Waals surface area contributed by atoms with Crippen LogP contribution in [0.3, 0.4) is 0 Å². The molecule has 2 rings (SSSR count). The van der Waals surface area contributed by atoms with Crippen LogP contribution >= 0.6 is 0 Å². The van der Waals surface area contributed by atoms with Gasteiger partial charge in [-0.05, 0) is 48.2 Å². The van der Waals surface area contributed by atoms with Crippen LogP contribution in [0.1, 0.15) is 11.1 Å². The molecule has 2 aromatic rings. The monoisotopic (exact) mass is 246 g/mol. The van der Waals surface area contributed by atoms with Gasteiger partial charge in [-0.2, -0.15) is 0 Å². The van der Waals surface area contributed by atoms with Crippen molar-refractivity contribution < 1.29 is 14.6 Å². The van der Waals surface area contributed by atoms with E-state index in [-0.39, 0.29) is 11.6 Å². The maximum atomic E-state index is 12.7. The number of rotatable bonds is 4. The van der Waals surface area contributed by atoms with Gasteiger partial charge in [-0.25, -0.2) is 4.39 Å². The van der Waals surface area contributed by atoms with Crippen molar-refractivity contribution in [2.24, 2.45) is 0 Å². The Kier molecular flexibility index (Phi) is 3.95. The molecular weight excluding hydrogens is 231 g/mol. The molecule has 1 unspecified atom stereocenters. The summed E-state index contributed by atoms with van der Waals surface area (Å²) in [5.41, 5.74) is 1.87. The summed E-state index contributed by atoms with van der Waals surface area (Å²) in [5, 5.41) is 19.1. The van der Waals surface area contributed by atoms with Gasteiger partial charge in [0.1, 0.15) is 11.6 Å². The van der Waals surface area contributed by atoms with Crippen molar-refractivity contribution >= 4 is 0 Å². The minimum Gasteiger partial charge on any atom is -0.508 e. The average molecular weight is 246 g/mol. The van der Waals surface area contributed by atoms with Crippen LogP contribution in [-0.2, 0) is 12.8 Å². The van der Waals surface area contributed by atoms with Crippen molar-refractivity contribution in [3.63, 3.8) is 0 Å². The summed E-state index contributed by atoms with van der Waals surface area (Å²) in [6.07, 6.45) is 0.485. The summed E-state index contributed by atoms with van der Waals surface area (Å²) in [7, 11) is 0. The van der Waals surface area contributed by atoms with E-state index in [2.05, 4.69) is 0 Å². The van der Waals surface area contributed by atoms with E-state index in [1.165, 1.54) is 12.1 Å². The molecule has 0 aliphatic carbocycles. The van der Waals surface area contributed by atoms with Crippen LogP contribution in [0.15, 0.2) is 48.5 Å². The van der Waals surface area contributed by atoms with Gasteiger partial charge in [0.2, 0.25) is 0 Å². The highest BCUT2D eigenvalue weighted by atomic mass is 19.1. The molecule has 0 bridgehead atoms. The van der Waals surface area contributed by atoms with E-state index < -0.39 is 6.10 Å². The van der Waals surface area contributed by atoms with Gasteiger partial charge >= 0.3 is 0 Å². The Balaban J connectivity index is 1.94. The van der Waals surface area contributed by atoms with Crippen LogP contribution in [0, 0.1) is 5.82 Å². The summed E-state index contributed by atoms with van der Waals surface area (Å²) in [4.78, 5) is 0. The van der Waals surface area contributed by atoms with E-state index >= 15 is 0 Å². The number of hydrogen-bond donors (Lipinski definition) is 2. The lowest BCUT2D eigenvalue weighted by atomic mass is 10.0. The van der Waals surface area contributed by atoms with Crippen molar-refractivity contribution in [1.29, 1.82) is 0 Å². The number of aliphatic hydroxyl groups is 1. The van der Waals surface area contributed by atoms with E-state index in [4.69, 9.17) is 5.11 Å². The predicted molar refractivity (Wildman–Crippen MR) is 67.9 cm³/mol. The van der Waals surface area contributed by atoms with Crippen LogP contribution in [0.4, 0.5) is 4.39 Å². The first-order valence-electron chi connectivity index (χ1n) is 5.84. The van der Waals surface area contributed by atoms with Crippen LogP contribution in [0.5, 0.6) is 5.75 Å². The summed E-state index contributed by atoms with van der Waals surface area (Å²) in [6.45, 7) is 0. The first kappa shape index (κ1) is 12.6. The molecule has 0 aromatic heterocycles. The maximum absolute atomic E-state index is 12.7. The molecule has 0 spiro atoms. The number of benzene rings is 2. The lowest BCUT2D eigenvalue weighted by Crippen LogP contribution is -2.13. The van der Waals surface area contributed by atoms with E-state index in [1.54, 1.807) is 36.4 Å². The molecule has 0 saturated carbocycles. The Labute approximate surface area is 105 Å². The molecule has 0 amide bonds. The highest BCUT2D eigenvalue weighted by Crippen LogP contribution is 2.13. The number of aliphatic hydroxyl groups excluding tert-OH is 1. The molecule has 1 atom stereocenters. The molecule has 0 fully saturated rings. The molecule has 0 saturated heterocycles. The fraction of sp³-hybridized carbons (Fsp3) is 0.200. The molecule has 2 N–H and O–H groups in total. The molecule has 2 aromatic carbocycles. The minimum absolute atomic E-state index is 0.215. The van der Waals surface area contributed by atoms with Gasteiger partial charge in [0, 0.05) is 0 Å². The van der Waals surface area contributed by atoms with Crippen molar-refractivity contribution in [3.8, 4) is 5.75 Å². The van der Waals surface area contributed by atoms with Gasteiger partial charge < -0.3 is 10.2 Å². The summed E-state index contributed by atoms with van der Waals surface area (Å²) >= 11 is 0. The van der Waals surface area contributed by atoms with Gasteiger partial charge in [0.05, 0.1) is 6.10 Å². The zero-order valence-electron chi connectivity index (χ0n) is 9.88. The fourth-order valence-corrected chi connectivity index (χ4v) is 1.87. The number of phenolic OH excluding ortho intramolecular Hbond substituents is 1. The molecule has 0 aliphatic rings. The minimum atomic E-state index is -0.514. The van der Waals surface area contributed by atoms with Gasteiger partial charge in [-0.3, -0.25) is 0 Å². The molecule has 0 heterocycles. The van der Waals surface area contributed by atoms with Crippen LogP contribution < -0.4 is 0 Å². The van der Waals surface area contributed by atoms with Crippen LogP contribution in [-0.4, -0.2) is 16.3 Å². The van der Waals surface area contributed by atoms with Gasteiger partial charge in [0.25, 0.3) is 0 Å². The zero-order valence-corrected chi connectivity index (χ0v) is 9.88. The fourth-order valence-electron chi connectivity index (χ4n) is 1.87. The molecule has 18 heavy (non-hydrogen) atoms. The number of aromatic hydroxyl groups is 1. The maximum Gasteiger partial charge on any atom is 0.123 e. The lowest BCUT2D eigenvalue weighted by molar-refractivity contribution is 0.175. The standard InChI is InChI=1S/C15H15FO2/c16-13-5-1-11(2-6-13)9-15(18)10-12-3-7-14(17)8-4-12/h1-8,15,17-18H,9-10H2. The largest absolute Gasteiger partial charge is 0.508 e. The Morgan fingerprint density at radius 2 is 1.28 bits per heavy atom. The van der Waals surface area contributed by atoms with Gasteiger partial charge in [-0.1, -0.05) is 24.3 Å². The topological polar surface area (TPSA) is 40.5 Å². The Hall–Kier alpha value is -1.87. The van der Waals surface area contributed by atoms with Gasteiger partial charge in [-0.15, -0.1) is 0 Å². The predicted octanol–water partition coefficient (Wildman–Crippen LogP) is 2.68. The molecule has 2 nitrogen and oxygen atoms in total. The van der Waals surface area contributed by atoms with E-state index in [9.17, 15) is 9.50 Å². The average Bonchev–Trinajstić information content (AvgIpc) is 2.35. The second kappa shape index (κ2) is 5.65. The van der Waals surface area contributed by atoms with Gasteiger partial charge in [0.15, 0.2) is 0 Å². The Bertz CT molecular complexity index is 443. The number of hydrogen-bond acceptors (Lipinski definition) is 2. The SMILES string of the molecule is Oc1ccc(CC(O)Cc2ccc(F)cc2)cc1. The first-order chi connectivity index (χ1) is 8.63. The van der Waals surface area contributed by atoms with E-state index in [0.717, 1.165) is 11.1 Å². The van der Waals surface area contributed by atoms with Crippen molar-refractivity contribution in [2.45, 2.75) is 18.9 Å². The van der Waals surface area contributed by atoms with Crippen LogP contribution in [0.2, 0.25) is 0 Å². The molecule has 94 valence electrons. The van der Waals surface area contributed by atoms with Crippen molar-refractivity contribution in [3.05, 3.63) is 65.5 Å². The normalized spacial score (nSPS) is 12.3. The van der Waals surface area contributed by atoms with Crippen molar-refractivity contribution in [1.82, 2.24) is 0 Å². The third-order valence-corrected chi connectivity index (χ3v) is 2.79. The smallest absolute Gasteiger partial charge is 0.123 e. The van der Waals surface area contributed by atoms with E-state index in [0.29, 0.717) is 12.8 Å². The zero-order chi connectivity index (χ0) is 13.0. The molecular formula is C15H15FO2. The molecule has 0 radical (unpaired) electrons. The summed E-state index contributed by atoms with van der Waals surface area (Å²) in [5.74, 6) is -0.0569. The number of halogens is 1. The Morgan fingerprint density at radius 3 is 1.78 bits per heavy atom. The first-order valence-corrected chi connectivity index (χ1v) is 5.84. The molecule has 3 heteroatoms. The summed E-state index contributed by atoms with van der Waals surface area (Å²) < 4.78 is 12.7. The Morgan fingerprint density at radius 1 is 0.833 bits per heavy atom. The quantitative estimate of drug-likeness (QED) is 0.870. The second-order valence-corrected chi connectivity index (χ2v) is 4.35. The third kappa shape index (κ3) is 3.57.